The lowest BCUT2D eigenvalue weighted by molar-refractivity contribution is 0.101. The summed E-state index contributed by atoms with van der Waals surface area (Å²) in [5, 5.41) is 0. The first kappa shape index (κ1) is 17.0. The van der Waals surface area contributed by atoms with Gasteiger partial charge in [-0.25, -0.2) is 0 Å². The molecule has 0 N–H and O–H groups in total. The van der Waals surface area contributed by atoms with Crippen molar-refractivity contribution >= 4 is 23.3 Å². The average Bonchev–Trinajstić information content (AvgIpc) is 2.92. The Bertz CT molecular complexity index is 846. The van der Waals surface area contributed by atoms with E-state index in [1.54, 1.807) is 24.3 Å². The fourth-order valence-corrected chi connectivity index (χ4v) is 2.93. The van der Waals surface area contributed by atoms with E-state index in [-0.39, 0.29) is 17.3 Å². The number of fused-ring (bicyclic) bond motifs is 1. The SMILES string of the molecule is CCN(CC)c1ccc(/C=C2\Oc3cc(C(C)=O)ccc3C2=O)cc1. The highest BCUT2D eigenvalue weighted by atomic mass is 16.5. The lowest BCUT2D eigenvalue weighted by Crippen LogP contribution is -2.21. The van der Waals surface area contributed by atoms with Gasteiger partial charge in [-0.2, -0.15) is 0 Å². The summed E-state index contributed by atoms with van der Waals surface area (Å²) in [7, 11) is 0. The van der Waals surface area contributed by atoms with Crippen LogP contribution in [0.3, 0.4) is 0 Å². The van der Waals surface area contributed by atoms with E-state index in [1.165, 1.54) is 6.92 Å². The number of benzene rings is 2. The Morgan fingerprint density at radius 1 is 1.08 bits per heavy atom. The predicted octanol–water partition coefficient (Wildman–Crippen LogP) is 4.35. The highest BCUT2D eigenvalue weighted by molar-refractivity contribution is 6.15. The van der Waals surface area contributed by atoms with Crippen molar-refractivity contribution in [2.75, 3.05) is 18.0 Å². The van der Waals surface area contributed by atoms with E-state index in [2.05, 4.69) is 18.7 Å². The van der Waals surface area contributed by atoms with Crippen LogP contribution in [0.1, 0.15) is 47.1 Å². The van der Waals surface area contributed by atoms with Gasteiger partial charge in [-0.05, 0) is 56.7 Å². The summed E-state index contributed by atoms with van der Waals surface area (Å²) in [6.07, 6.45) is 1.74. The fourth-order valence-electron chi connectivity index (χ4n) is 2.93. The molecule has 0 spiro atoms. The van der Waals surface area contributed by atoms with Crippen LogP contribution in [0.2, 0.25) is 0 Å². The van der Waals surface area contributed by atoms with Crippen molar-refractivity contribution in [1.82, 2.24) is 0 Å². The minimum atomic E-state index is -0.155. The van der Waals surface area contributed by atoms with Gasteiger partial charge in [0.15, 0.2) is 11.5 Å². The van der Waals surface area contributed by atoms with Gasteiger partial charge in [0.25, 0.3) is 0 Å². The summed E-state index contributed by atoms with van der Waals surface area (Å²) < 4.78 is 5.68. The normalized spacial score (nSPS) is 14.4. The van der Waals surface area contributed by atoms with Crippen LogP contribution in [0.15, 0.2) is 48.2 Å². The van der Waals surface area contributed by atoms with Gasteiger partial charge in [0, 0.05) is 24.3 Å². The number of nitrogens with zero attached hydrogens (tertiary/aromatic N) is 1. The van der Waals surface area contributed by atoms with Crippen LogP contribution in [0.5, 0.6) is 5.75 Å². The first-order chi connectivity index (χ1) is 12.0. The fraction of sp³-hybridized carbons (Fsp3) is 0.238. The molecule has 0 atom stereocenters. The van der Waals surface area contributed by atoms with Crippen LogP contribution in [-0.2, 0) is 0 Å². The Kier molecular flexibility index (Phi) is 4.70. The number of ketones is 2. The molecule has 0 fully saturated rings. The molecule has 1 heterocycles. The van der Waals surface area contributed by atoms with Crippen LogP contribution in [-0.4, -0.2) is 24.7 Å². The molecule has 128 valence electrons. The second-order valence-corrected chi connectivity index (χ2v) is 5.97. The zero-order chi connectivity index (χ0) is 18.0. The second kappa shape index (κ2) is 6.93. The maximum absolute atomic E-state index is 12.5. The number of anilines is 1. The third-order valence-corrected chi connectivity index (χ3v) is 4.40. The molecule has 4 nitrogen and oxygen atoms in total. The van der Waals surface area contributed by atoms with Crippen molar-refractivity contribution < 1.29 is 14.3 Å². The number of Topliss-reactive ketones (excluding diaryl/α,β-unsaturated/α-hetero) is 2. The highest BCUT2D eigenvalue weighted by Gasteiger charge is 2.27. The minimum Gasteiger partial charge on any atom is -0.452 e. The lowest BCUT2D eigenvalue weighted by atomic mass is 10.1. The Balaban J connectivity index is 1.85. The highest BCUT2D eigenvalue weighted by Crippen LogP contribution is 2.33. The molecule has 1 aliphatic heterocycles. The van der Waals surface area contributed by atoms with E-state index in [1.807, 2.05) is 24.3 Å². The van der Waals surface area contributed by atoms with Gasteiger partial charge in [0.1, 0.15) is 5.75 Å². The van der Waals surface area contributed by atoms with E-state index in [0.29, 0.717) is 16.9 Å². The molecule has 3 rings (SSSR count). The number of rotatable bonds is 5. The Morgan fingerprint density at radius 3 is 2.36 bits per heavy atom. The van der Waals surface area contributed by atoms with Gasteiger partial charge in [-0.1, -0.05) is 18.2 Å². The summed E-state index contributed by atoms with van der Waals surface area (Å²) in [5.74, 6) is 0.524. The zero-order valence-electron chi connectivity index (χ0n) is 14.7. The number of hydrogen-bond acceptors (Lipinski definition) is 4. The van der Waals surface area contributed by atoms with Gasteiger partial charge in [-0.3, -0.25) is 9.59 Å². The van der Waals surface area contributed by atoms with Crippen molar-refractivity contribution in [1.29, 1.82) is 0 Å². The van der Waals surface area contributed by atoms with Gasteiger partial charge in [0.2, 0.25) is 5.78 Å². The first-order valence-electron chi connectivity index (χ1n) is 8.47. The first-order valence-corrected chi connectivity index (χ1v) is 8.47. The zero-order valence-corrected chi connectivity index (χ0v) is 14.7. The third-order valence-electron chi connectivity index (χ3n) is 4.40. The van der Waals surface area contributed by atoms with Gasteiger partial charge < -0.3 is 9.64 Å². The van der Waals surface area contributed by atoms with Crippen molar-refractivity contribution in [3.63, 3.8) is 0 Å². The number of hydrogen-bond donors (Lipinski definition) is 0. The van der Waals surface area contributed by atoms with Crippen LogP contribution in [0.25, 0.3) is 6.08 Å². The molecule has 0 aromatic heterocycles. The molecule has 2 aromatic carbocycles. The smallest absolute Gasteiger partial charge is 0.231 e. The molecule has 0 saturated carbocycles. The van der Waals surface area contributed by atoms with Gasteiger partial charge in [-0.15, -0.1) is 0 Å². The second-order valence-electron chi connectivity index (χ2n) is 5.97. The topological polar surface area (TPSA) is 46.6 Å². The van der Waals surface area contributed by atoms with Crippen LogP contribution < -0.4 is 9.64 Å². The Morgan fingerprint density at radius 2 is 1.76 bits per heavy atom. The maximum Gasteiger partial charge on any atom is 0.231 e. The van der Waals surface area contributed by atoms with Crippen molar-refractivity contribution in [3.05, 3.63) is 64.9 Å². The predicted molar refractivity (Wildman–Crippen MR) is 99.4 cm³/mol. The quantitative estimate of drug-likeness (QED) is 0.602. The molecule has 0 bridgehead atoms. The molecule has 2 aromatic rings. The standard InChI is InChI=1S/C21H21NO3/c1-4-22(5-2)17-9-6-15(7-10-17)12-20-21(24)18-11-8-16(14(3)23)13-19(18)25-20/h6-13H,4-5H2,1-3H3/b20-12-. The van der Waals surface area contributed by atoms with Crippen molar-refractivity contribution in [2.24, 2.45) is 0 Å². The van der Waals surface area contributed by atoms with Crippen molar-refractivity contribution in [2.45, 2.75) is 20.8 Å². The number of carbonyl (C=O) groups is 2. The molecule has 0 aliphatic carbocycles. The van der Waals surface area contributed by atoms with E-state index in [0.717, 1.165) is 24.3 Å². The molecular formula is C21H21NO3. The van der Waals surface area contributed by atoms with E-state index in [9.17, 15) is 9.59 Å². The summed E-state index contributed by atoms with van der Waals surface area (Å²) >= 11 is 0. The minimum absolute atomic E-state index is 0.0525. The molecule has 25 heavy (non-hydrogen) atoms. The Labute approximate surface area is 147 Å². The molecule has 0 radical (unpaired) electrons. The summed E-state index contributed by atoms with van der Waals surface area (Å²) in [4.78, 5) is 26.2. The lowest BCUT2D eigenvalue weighted by Gasteiger charge is -2.20. The number of allylic oxidation sites excluding steroid dienone is 1. The largest absolute Gasteiger partial charge is 0.452 e. The average molecular weight is 335 g/mol. The third kappa shape index (κ3) is 3.33. The van der Waals surface area contributed by atoms with Gasteiger partial charge in [0.05, 0.1) is 5.56 Å². The van der Waals surface area contributed by atoms with E-state index in [4.69, 9.17) is 4.74 Å². The Hall–Kier alpha value is -2.88. The van der Waals surface area contributed by atoms with E-state index < -0.39 is 0 Å². The molecule has 0 saturated heterocycles. The monoisotopic (exact) mass is 335 g/mol. The molecule has 1 aliphatic rings. The van der Waals surface area contributed by atoms with Crippen LogP contribution in [0.4, 0.5) is 5.69 Å². The van der Waals surface area contributed by atoms with Crippen LogP contribution >= 0.6 is 0 Å². The van der Waals surface area contributed by atoms with Gasteiger partial charge >= 0.3 is 0 Å². The molecule has 0 unspecified atom stereocenters. The number of carbonyl (C=O) groups excluding carboxylic acids is 2. The van der Waals surface area contributed by atoms with Crippen LogP contribution in [0, 0.1) is 0 Å². The summed E-state index contributed by atoms with van der Waals surface area (Å²) in [6, 6.07) is 13.0. The van der Waals surface area contributed by atoms with Crippen molar-refractivity contribution in [3.8, 4) is 5.75 Å². The molecule has 0 amide bonds. The summed E-state index contributed by atoms with van der Waals surface area (Å²) in [5.41, 5.74) is 3.09. The van der Waals surface area contributed by atoms with E-state index >= 15 is 0 Å². The molecular weight excluding hydrogens is 314 g/mol. The maximum atomic E-state index is 12.5. The molecule has 4 heteroatoms. The summed E-state index contributed by atoms with van der Waals surface area (Å²) in [6.45, 7) is 7.64. The number of ether oxygens (including phenoxy) is 1.